The van der Waals surface area contributed by atoms with Crippen LogP contribution in [0.25, 0.3) is 16.9 Å². The summed E-state index contributed by atoms with van der Waals surface area (Å²) in [5.41, 5.74) is 6.11. The van der Waals surface area contributed by atoms with E-state index in [1.165, 1.54) is 12.8 Å². The summed E-state index contributed by atoms with van der Waals surface area (Å²) in [5, 5.41) is 18.9. The lowest BCUT2D eigenvalue weighted by molar-refractivity contribution is 0.0966. The van der Waals surface area contributed by atoms with Crippen molar-refractivity contribution >= 4 is 23.1 Å². The third kappa shape index (κ3) is 4.31. The third-order valence-corrected chi connectivity index (χ3v) is 7.18. The van der Waals surface area contributed by atoms with Crippen molar-refractivity contribution in [2.24, 2.45) is 0 Å². The Morgan fingerprint density at radius 3 is 2.67 bits per heavy atom. The molecule has 36 heavy (non-hydrogen) atoms. The van der Waals surface area contributed by atoms with Crippen LogP contribution >= 0.6 is 0 Å². The molecular weight excluding hydrogens is 454 g/mol. The van der Waals surface area contributed by atoms with E-state index in [1.807, 2.05) is 48.0 Å². The topological polar surface area (TPSA) is 116 Å². The van der Waals surface area contributed by atoms with Crippen LogP contribution in [0.15, 0.2) is 55.2 Å². The maximum atomic E-state index is 12.5. The van der Waals surface area contributed by atoms with Crippen LogP contribution in [-0.2, 0) is 6.54 Å². The van der Waals surface area contributed by atoms with Crippen molar-refractivity contribution in [2.45, 2.75) is 57.3 Å². The van der Waals surface area contributed by atoms with Gasteiger partial charge in [-0.3, -0.25) is 14.2 Å². The monoisotopic (exact) mass is 483 g/mol. The number of aliphatic hydroxyl groups is 1. The van der Waals surface area contributed by atoms with E-state index in [1.54, 1.807) is 18.6 Å². The van der Waals surface area contributed by atoms with E-state index in [2.05, 4.69) is 30.9 Å². The standard InChI is InChI=1S/C20H16N6O.C7H13NO/c1-12-2-5-17(22-8-12)25-15-4-3-13(14-9-24-20(27)19(14)15)16-10-23-18-11-21-6-7-26(16)18;9-7-3-5-1-2-6(4-7)8-5/h2-8,10-11H,9H2,1H3,(H,22,25)(H,24,27);5-9H,1-4H2. The minimum atomic E-state index is -0.0862. The SMILES string of the molecule is Cc1ccc(Nc2ccc(-c3cnc4cnccn34)c3c2C(=O)NC3)nc1.OC1CC2CCC(C1)N2. The molecule has 0 saturated carbocycles. The van der Waals surface area contributed by atoms with Crippen LogP contribution in [-0.4, -0.2) is 48.6 Å². The fraction of sp³-hybridized carbons (Fsp3) is 0.333. The number of rotatable bonds is 3. The van der Waals surface area contributed by atoms with Crippen molar-refractivity contribution in [1.82, 2.24) is 30.0 Å². The number of carbonyl (C=O) groups excluding carboxylic acids is 1. The van der Waals surface area contributed by atoms with Crippen molar-refractivity contribution in [2.75, 3.05) is 5.32 Å². The third-order valence-electron chi connectivity index (χ3n) is 7.18. The first kappa shape index (κ1) is 22.6. The molecule has 2 fully saturated rings. The van der Waals surface area contributed by atoms with Gasteiger partial charge in [0.05, 0.1) is 35.4 Å². The zero-order valence-corrected chi connectivity index (χ0v) is 20.1. The highest BCUT2D eigenvalue weighted by molar-refractivity contribution is 6.06. The zero-order chi connectivity index (χ0) is 24.6. The van der Waals surface area contributed by atoms with Crippen LogP contribution in [0.2, 0.25) is 0 Å². The fourth-order valence-electron chi connectivity index (χ4n) is 5.44. The molecule has 3 aromatic heterocycles. The van der Waals surface area contributed by atoms with E-state index in [9.17, 15) is 9.90 Å². The number of piperidine rings is 1. The molecule has 1 aromatic carbocycles. The van der Waals surface area contributed by atoms with E-state index >= 15 is 0 Å². The molecule has 2 saturated heterocycles. The predicted molar refractivity (Wildman–Crippen MR) is 137 cm³/mol. The van der Waals surface area contributed by atoms with Gasteiger partial charge in [-0.25, -0.2) is 9.97 Å². The highest BCUT2D eigenvalue weighted by Crippen LogP contribution is 2.35. The van der Waals surface area contributed by atoms with Gasteiger partial charge in [-0.15, -0.1) is 0 Å². The Labute approximate surface area is 209 Å². The number of fused-ring (bicyclic) bond motifs is 4. The smallest absolute Gasteiger partial charge is 0.254 e. The van der Waals surface area contributed by atoms with Crippen LogP contribution < -0.4 is 16.0 Å². The summed E-state index contributed by atoms with van der Waals surface area (Å²) in [6, 6.07) is 9.09. The second-order valence-corrected chi connectivity index (χ2v) is 9.75. The number of pyridine rings is 1. The summed E-state index contributed by atoms with van der Waals surface area (Å²) < 4.78 is 1.97. The number of imidazole rings is 1. The lowest BCUT2D eigenvalue weighted by Crippen LogP contribution is -2.40. The van der Waals surface area contributed by atoms with Crippen LogP contribution in [0.4, 0.5) is 11.5 Å². The molecule has 3 aliphatic heterocycles. The van der Waals surface area contributed by atoms with Crippen LogP contribution in [0.1, 0.15) is 47.2 Å². The zero-order valence-electron chi connectivity index (χ0n) is 20.1. The van der Waals surface area contributed by atoms with Crippen LogP contribution in [0.3, 0.4) is 0 Å². The highest BCUT2D eigenvalue weighted by atomic mass is 16.3. The number of benzene rings is 1. The van der Waals surface area contributed by atoms with E-state index in [0.29, 0.717) is 30.0 Å². The molecule has 0 spiro atoms. The van der Waals surface area contributed by atoms with Crippen molar-refractivity contribution in [3.8, 4) is 11.3 Å². The quantitative estimate of drug-likeness (QED) is 0.353. The highest BCUT2D eigenvalue weighted by Gasteiger charge is 2.32. The van der Waals surface area contributed by atoms with Crippen LogP contribution in [0, 0.1) is 6.92 Å². The van der Waals surface area contributed by atoms with Gasteiger partial charge in [-0.05, 0) is 55.9 Å². The van der Waals surface area contributed by atoms with E-state index in [0.717, 1.165) is 46.6 Å². The first-order chi connectivity index (χ1) is 17.5. The number of anilines is 2. The van der Waals surface area contributed by atoms with E-state index in [4.69, 9.17) is 0 Å². The van der Waals surface area contributed by atoms with Gasteiger partial charge in [0, 0.05) is 42.8 Å². The molecule has 0 radical (unpaired) electrons. The molecule has 1 amide bonds. The molecule has 2 bridgehead atoms. The second kappa shape index (κ2) is 9.33. The average molecular weight is 484 g/mol. The Morgan fingerprint density at radius 1 is 1.06 bits per heavy atom. The normalized spacial score (nSPS) is 22.1. The molecule has 4 aromatic rings. The molecule has 9 heteroatoms. The van der Waals surface area contributed by atoms with Crippen LogP contribution in [0.5, 0.6) is 0 Å². The van der Waals surface area contributed by atoms with Gasteiger partial charge in [-0.1, -0.05) is 12.1 Å². The Hall–Kier alpha value is -3.82. The van der Waals surface area contributed by atoms with Gasteiger partial charge in [0.1, 0.15) is 5.82 Å². The Morgan fingerprint density at radius 2 is 1.89 bits per heavy atom. The lowest BCUT2D eigenvalue weighted by Gasteiger charge is -2.24. The predicted octanol–water partition coefficient (Wildman–Crippen LogP) is 3.35. The number of nitrogens with zero attached hydrogens (tertiary/aromatic N) is 4. The van der Waals surface area contributed by atoms with Gasteiger partial charge in [0.25, 0.3) is 5.91 Å². The average Bonchev–Trinajstić information content (AvgIpc) is 3.58. The first-order valence-corrected chi connectivity index (χ1v) is 12.4. The summed E-state index contributed by atoms with van der Waals surface area (Å²) in [7, 11) is 0. The number of aliphatic hydroxyl groups excluding tert-OH is 1. The Bertz CT molecular complexity index is 1400. The molecule has 6 heterocycles. The van der Waals surface area contributed by atoms with Crippen molar-refractivity contribution in [3.63, 3.8) is 0 Å². The number of aryl methyl sites for hydroxylation is 1. The Kier molecular flexibility index (Phi) is 5.86. The molecule has 2 unspecified atom stereocenters. The van der Waals surface area contributed by atoms with Crippen molar-refractivity contribution in [3.05, 3.63) is 71.9 Å². The number of amides is 1. The molecule has 7 rings (SSSR count). The minimum absolute atomic E-state index is 0.0104. The fourth-order valence-corrected chi connectivity index (χ4v) is 5.44. The van der Waals surface area contributed by atoms with E-state index < -0.39 is 0 Å². The number of hydrogen-bond acceptors (Lipinski definition) is 7. The largest absolute Gasteiger partial charge is 0.393 e. The summed E-state index contributed by atoms with van der Waals surface area (Å²) in [5.74, 6) is 0.619. The molecule has 3 aliphatic rings. The number of hydrogen-bond donors (Lipinski definition) is 4. The van der Waals surface area contributed by atoms with Gasteiger partial charge in [0.2, 0.25) is 0 Å². The van der Waals surface area contributed by atoms with Crippen molar-refractivity contribution < 1.29 is 9.90 Å². The number of aromatic nitrogens is 4. The molecule has 9 nitrogen and oxygen atoms in total. The summed E-state index contributed by atoms with van der Waals surface area (Å²) in [4.78, 5) is 25.4. The maximum absolute atomic E-state index is 12.5. The number of nitrogens with one attached hydrogen (secondary N) is 3. The van der Waals surface area contributed by atoms with Gasteiger partial charge >= 0.3 is 0 Å². The minimum Gasteiger partial charge on any atom is -0.393 e. The van der Waals surface area contributed by atoms with Crippen molar-refractivity contribution in [1.29, 1.82) is 0 Å². The summed E-state index contributed by atoms with van der Waals surface area (Å²) in [6.45, 7) is 2.47. The molecular formula is C27H29N7O2. The lowest BCUT2D eigenvalue weighted by atomic mass is 9.99. The molecule has 0 aliphatic carbocycles. The van der Waals surface area contributed by atoms with E-state index in [-0.39, 0.29) is 12.0 Å². The second-order valence-electron chi connectivity index (χ2n) is 9.75. The summed E-state index contributed by atoms with van der Waals surface area (Å²) >= 11 is 0. The van der Waals surface area contributed by atoms with Gasteiger partial charge in [0.15, 0.2) is 5.65 Å². The Balaban J connectivity index is 0.000000223. The maximum Gasteiger partial charge on any atom is 0.254 e. The molecule has 2 atom stereocenters. The van der Waals surface area contributed by atoms with Gasteiger partial charge < -0.3 is 21.1 Å². The molecule has 184 valence electrons. The summed E-state index contributed by atoms with van der Waals surface area (Å²) in [6.07, 6.45) is 13.4. The van der Waals surface area contributed by atoms with Gasteiger partial charge in [-0.2, -0.15) is 0 Å². The first-order valence-electron chi connectivity index (χ1n) is 12.4. The molecule has 4 N–H and O–H groups in total. The number of carbonyl (C=O) groups is 1.